The lowest BCUT2D eigenvalue weighted by molar-refractivity contribution is -0.138. The minimum atomic E-state index is -4.38. The standard InChI is InChI=1S/C16H17F3N2O/c17-16(18,19)13-5-2-1-4-12(13)15(14-6-3-11-22-14)21-9-7-20-8-10-21/h1-6,11,15,20H,7-10H2/t15-/m1/s1. The highest BCUT2D eigenvalue weighted by Crippen LogP contribution is 2.39. The van der Waals surface area contributed by atoms with Gasteiger partial charge in [-0.15, -0.1) is 0 Å². The molecule has 1 aromatic carbocycles. The molecule has 0 unspecified atom stereocenters. The van der Waals surface area contributed by atoms with E-state index in [2.05, 4.69) is 5.32 Å². The van der Waals surface area contributed by atoms with Gasteiger partial charge in [0.25, 0.3) is 0 Å². The number of benzene rings is 1. The first-order chi connectivity index (χ1) is 10.6. The molecule has 0 radical (unpaired) electrons. The summed E-state index contributed by atoms with van der Waals surface area (Å²) in [6.45, 7) is 2.87. The van der Waals surface area contributed by atoms with Crippen LogP contribution in [0.1, 0.15) is 22.9 Å². The number of nitrogens with zero attached hydrogens (tertiary/aromatic N) is 1. The molecular formula is C16H17F3N2O. The van der Waals surface area contributed by atoms with Crippen molar-refractivity contribution in [2.45, 2.75) is 12.2 Å². The number of hydrogen-bond acceptors (Lipinski definition) is 3. The Morgan fingerprint density at radius 1 is 1.05 bits per heavy atom. The van der Waals surface area contributed by atoms with Crippen LogP contribution in [0.15, 0.2) is 47.1 Å². The van der Waals surface area contributed by atoms with Crippen LogP contribution in [0.25, 0.3) is 0 Å². The summed E-state index contributed by atoms with van der Waals surface area (Å²) in [4.78, 5) is 2.03. The van der Waals surface area contributed by atoms with Crippen molar-refractivity contribution in [3.63, 3.8) is 0 Å². The molecule has 3 rings (SSSR count). The zero-order valence-electron chi connectivity index (χ0n) is 11.9. The molecule has 2 heterocycles. The van der Waals surface area contributed by atoms with Crippen molar-refractivity contribution in [3.05, 3.63) is 59.5 Å². The second-order valence-corrected chi connectivity index (χ2v) is 5.29. The highest BCUT2D eigenvalue weighted by atomic mass is 19.4. The van der Waals surface area contributed by atoms with Crippen molar-refractivity contribution in [1.29, 1.82) is 0 Å². The van der Waals surface area contributed by atoms with Gasteiger partial charge >= 0.3 is 6.18 Å². The topological polar surface area (TPSA) is 28.4 Å². The molecule has 0 bridgehead atoms. The van der Waals surface area contributed by atoms with E-state index in [1.165, 1.54) is 18.4 Å². The normalized spacial score (nSPS) is 18.3. The van der Waals surface area contributed by atoms with Gasteiger partial charge in [-0.25, -0.2) is 0 Å². The van der Waals surface area contributed by atoms with Gasteiger partial charge in [0, 0.05) is 26.2 Å². The summed E-state index contributed by atoms with van der Waals surface area (Å²) in [6.07, 6.45) is -2.88. The minimum Gasteiger partial charge on any atom is -0.467 e. The summed E-state index contributed by atoms with van der Waals surface area (Å²) in [5.41, 5.74) is -0.359. The summed E-state index contributed by atoms with van der Waals surface area (Å²) in [7, 11) is 0. The van der Waals surface area contributed by atoms with Gasteiger partial charge in [-0.2, -0.15) is 13.2 Å². The van der Waals surface area contributed by atoms with Crippen molar-refractivity contribution < 1.29 is 17.6 Å². The summed E-state index contributed by atoms with van der Waals surface area (Å²) in [6, 6.07) is 8.66. The van der Waals surface area contributed by atoms with Gasteiger partial charge in [0.05, 0.1) is 17.9 Å². The van der Waals surface area contributed by atoms with E-state index in [4.69, 9.17) is 4.42 Å². The second kappa shape index (κ2) is 6.14. The Morgan fingerprint density at radius 3 is 2.41 bits per heavy atom. The molecule has 3 nitrogen and oxygen atoms in total. The van der Waals surface area contributed by atoms with E-state index < -0.39 is 17.8 Å². The van der Waals surface area contributed by atoms with E-state index in [-0.39, 0.29) is 5.56 Å². The maximum absolute atomic E-state index is 13.4. The molecule has 1 aromatic heterocycles. The van der Waals surface area contributed by atoms with Crippen LogP contribution in [0.2, 0.25) is 0 Å². The van der Waals surface area contributed by atoms with Crippen molar-refractivity contribution in [2.24, 2.45) is 0 Å². The predicted molar refractivity (Wildman–Crippen MR) is 76.4 cm³/mol. The molecule has 1 aliphatic heterocycles. The van der Waals surface area contributed by atoms with Crippen molar-refractivity contribution in [3.8, 4) is 0 Å². The molecule has 1 saturated heterocycles. The number of nitrogens with one attached hydrogen (secondary N) is 1. The lowest BCUT2D eigenvalue weighted by atomic mass is 9.96. The third-order valence-electron chi connectivity index (χ3n) is 3.89. The van der Waals surface area contributed by atoms with E-state index in [0.29, 0.717) is 18.8 Å². The van der Waals surface area contributed by atoms with Crippen LogP contribution in [-0.2, 0) is 6.18 Å². The quantitative estimate of drug-likeness (QED) is 0.943. The summed E-state index contributed by atoms with van der Waals surface area (Å²) < 4.78 is 45.5. The Kier molecular flexibility index (Phi) is 4.22. The van der Waals surface area contributed by atoms with Crippen LogP contribution in [0, 0.1) is 0 Å². The smallest absolute Gasteiger partial charge is 0.416 e. The molecule has 2 aromatic rings. The van der Waals surface area contributed by atoms with E-state index in [9.17, 15) is 13.2 Å². The molecule has 1 fully saturated rings. The number of rotatable bonds is 3. The van der Waals surface area contributed by atoms with E-state index in [1.54, 1.807) is 18.2 Å². The van der Waals surface area contributed by atoms with Crippen molar-refractivity contribution in [1.82, 2.24) is 10.2 Å². The van der Waals surface area contributed by atoms with E-state index in [0.717, 1.165) is 19.2 Å². The average Bonchev–Trinajstić information content (AvgIpc) is 3.02. The molecule has 0 saturated carbocycles. The van der Waals surface area contributed by atoms with Crippen molar-refractivity contribution in [2.75, 3.05) is 26.2 Å². The molecule has 1 N–H and O–H groups in total. The zero-order valence-corrected chi connectivity index (χ0v) is 11.9. The Hall–Kier alpha value is -1.79. The van der Waals surface area contributed by atoms with Crippen LogP contribution >= 0.6 is 0 Å². The monoisotopic (exact) mass is 310 g/mol. The fourth-order valence-corrected chi connectivity index (χ4v) is 2.91. The Labute approximate surface area is 126 Å². The molecular weight excluding hydrogens is 293 g/mol. The SMILES string of the molecule is FC(F)(F)c1ccccc1[C@H](c1ccco1)N1CCNCC1. The molecule has 1 aliphatic rings. The van der Waals surface area contributed by atoms with E-state index in [1.807, 2.05) is 4.90 Å². The number of piperazine rings is 1. The first kappa shape index (κ1) is 15.1. The van der Waals surface area contributed by atoms with Gasteiger partial charge < -0.3 is 9.73 Å². The first-order valence-electron chi connectivity index (χ1n) is 7.21. The number of furan rings is 1. The van der Waals surface area contributed by atoms with Gasteiger partial charge in [0.1, 0.15) is 5.76 Å². The number of alkyl halides is 3. The molecule has 0 spiro atoms. The van der Waals surface area contributed by atoms with Gasteiger partial charge in [0.2, 0.25) is 0 Å². The maximum Gasteiger partial charge on any atom is 0.416 e. The lowest BCUT2D eigenvalue weighted by Crippen LogP contribution is -2.45. The fourth-order valence-electron chi connectivity index (χ4n) is 2.91. The summed E-state index contributed by atoms with van der Waals surface area (Å²) in [5, 5.41) is 3.22. The van der Waals surface area contributed by atoms with Crippen LogP contribution in [0.5, 0.6) is 0 Å². The highest BCUT2D eigenvalue weighted by molar-refractivity contribution is 5.36. The van der Waals surface area contributed by atoms with Crippen LogP contribution in [-0.4, -0.2) is 31.1 Å². The number of hydrogen-bond donors (Lipinski definition) is 1. The van der Waals surface area contributed by atoms with Gasteiger partial charge in [-0.05, 0) is 23.8 Å². The van der Waals surface area contributed by atoms with Crippen LogP contribution in [0.3, 0.4) is 0 Å². The average molecular weight is 310 g/mol. The third kappa shape index (κ3) is 3.03. The Bertz CT molecular complexity index is 604. The van der Waals surface area contributed by atoms with Crippen LogP contribution < -0.4 is 5.32 Å². The molecule has 6 heteroatoms. The molecule has 118 valence electrons. The van der Waals surface area contributed by atoms with Gasteiger partial charge in [-0.3, -0.25) is 4.90 Å². The number of halogens is 3. The van der Waals surface area contributed by atoms with Gasteiger partial charge in [0.15, 0.2) is 0 Å². The molecule has 22 heavy (non-hydrogen) atoms. The fraction of sp³-hybridized carbons (Fsp3) is 0.375. The highest BCUT2D eigenvalue weighted by Gasteiger charge is 2.37. The second-order valence-electron chi connectivity index (χ2n) is 5.29. The van der Waals surface area contributed by atoms with Gasteiger partial charge in [-0.1, -0.05) is 18.2 Å². The van der Waals surface area contributed by atoms with Crippen LogP contribution in [0.4, 0.5) is 13.2 Å². The Morgan fingerprint density at radius 2 is 1.77 bits per heavy atom. The zero-order chi connectivity index (χ0) is 15.6. The molecule has 0 aliphatic carbocycles. The molecule has 1 atom stereocenters. The third-order valence-corrected chi connectivity index (χ3v) is 3.89. The predicted octanol–water partition coefficient (Wildman–Crippen LogP) is 3.29. The minimum absolute atomic E-state index is 0.242. The largest absolute Gasteiger partial charge is 0.467 e. The first-order valence-corrected chi connectivity index (χ1v) is 7.21. The molecule has 0 amide bonds. The maximum atomic E-state index is 13.4. The van der Waals surface area contributed by atoms with Crippen molar-refractivity contribution >= 4 is 0 Å². The summed E-state index contributed by atoms with van der Waals surface area (Å²) in [5.74, 6) is 0.540. The van der Waals surface area contributed by atoms with E-state index >= 15 is 0 Å². The Balaban J connectivity index is 2.07. The summed E-state index contributed by atoms with van der Waals surface area (Å²) >= 11 is 0. The lowest BCUT2D eigenvalue weighted by Gasteiger charge is -2.35.